The first-order chi connectivity index (χ1) is 10.3. The fourth-order valence-electron chi connectivity index (χ4n) is 3.35. The average Bonchev–Trinajstić information content (AvgIpc) is 2.79. The summed E-state index contributed by atoms with van der Waals surface area (Å²) in [5.74, 6) is 1.03. The third-order valence-electron chi connectivity index (χ3n) is 4.73. The lowest BCUT2D eigenvalue weighted by Gasteiger charge is -2.30. The molecule has 0 aromatic heterocycles. The zero-order valence-electron chi connectivity index (χ0n) is 12.5. The van der Waals surface area contributed by atoms with Gasteiger partial charge in [-0.3, -0.25) is 0 Å². The SMILES string of the molecule is BrCC1(COc2cccc3ccccc23)CCCCCC1. The third-order valence-corrected chi connectivity index (χ3v) is 5.92. The number of rotatable bonds is 4. The number of hydrogen-bond acceptors (Lipinski definition) is 1. The number of ether oxygens (including phenoxy) is 1. The Kier molecular flexibility index (Phi) is 4.84. The highest BCUT2D eigenvalue weighted by molar-refractivity contribution is 9.09. The Bertz CT molecular complexity index is 580. The second-order valence-corrected chi connectivity index (χ2v) is 6.87. The highest BCUT2D eigenvalue weighted by Crippen LogP contribution is 2.38. The molecule has 3 rings (SSSR count). The molecular weight excluding hydrogens is 324 g/mol. The van der Waals surface area contributed by atoms with E-state index in [9.17, 15) is 0 Å². The molecule has 0 radical (unpaired) electrons. The summed E-state index contributed by atoms with van der Waals surface area (Å²) in [7, 11) is 0. The van der Waals surface area contributed by atoms with Crippen molar-refractivity contribution in [1.29, 1.82) is 0 Å². The van der Waals surface area contributed by atoms with Gasteiger partial charge in [0, 0.05) is 16.1 Å². The molecule has 2 heteroatoms. The van der Waals surface area contributed by atoms with E-state index in [-0.39, 0.29) is 0 Å². The van der Waals surface area contributed by atoms with Gasteiger partial charge in [-0.05, 0) is 24.3 Å². The van der Waals surface area contributed by atoms with Crippen molar-refractivity contribution in [3.8, 4) is 5.75 Å². The third kappa shape index (κ3) is 3.42. The molecule has 0 heterocycles. The summed E-state index contributed by atoms with van der Waals surface area (Å²) in [5.41, 5.74) is 0.313. The number of halogens is 1. The van der Waals surface area contributed by atoms with Crippen LogP contribution in [0.5, 0.6) is 5.75 Å². The summed E-state index contributed by atoms with van der Waals surface area (Å²) in [6, 6.07) is 14.8. The second kappa shape index (κ2) is 6.83. The van der Waals surface area contributed by atoms with Gasteiger partial charge in [0.15, 0.2) is 0 Å². The van der Waals surface area contributed by atoms with Crippen LogP contribution in [0.1, 0.15) is 38.5 Å². The average molecular weight is 347 g/mol. The molecule has 1 aliphatic carbocycles. The van der Waals surface area contributed by atoms with Gasteiger partial charge in [-0.2, -0.15) is 0 Å². The molecule has 21 heavy (non-hydrogen) atoms. The van der Waals surface area contributed by atoms with Crippen molar-refractivity contribution >= 4 is 26.7 Å². The molecule has 1 nitrogen and oxygen atoms in total. The van der Waals surface area contributed by atoms with Gasteiger partial charge in [-0.25, -0.2) is 0 Å². The van der Waals surface area contributed by atoms with Gasteiger partial charge in [0.2, 0.25) is 0 Å². The smallest absolute Gasteiger partial charge is 0.127 e. The van der Waals surface area contributed by atoms with Crippen LogP contribution >= 0.6 is 15.9 Å². The van der Waals surface area contributed by atoms with Crippen molar-refractivity contribution in [1.82, 2.24) is 0 Å². The van der Waals surface area contributed by atoms with E-state index in [1.807, 2.05) is 0 Å². The first-order valence-electron chi connectivity index (χ1n) is 8.00. The Morgan fingerprint density at radius 3 is 2.38 bits per heavy atom. The molecule has 2 aromatic carbocycles. The summed E-state index contributed by atoms with van der Waals surface area (Å²) in [4.78, 5) is 0. The zero-order chi connectivity index (χ0) is 14.5. The van der Waals surface area contributed by atoms with Crippen molar-refractivity contribution in [2.75, 3.05) is 11.9 Å². The Balaban J connectivity index is 1.78. The monoisotopic (exact) mass is 346 g/mol. The minimum Gasteiger partial charge on any atom is -0.492 e. The van der Waals surface area contributed by atoms with Crippen LogP contribution in [0.15, 0.2) is 42.5 Å². The van der Waals surface area contributed by atoms with Crippen LogP contribution in [0.2, 0.25) is 0 Å². The maximum atomic E-state index is 6.28. The molecule has 1 saturated carbocycles. The first kappa shape index (κ1) is 14.9. The van der Waals surface area contributed by atoms with Crippen LogP contribution in [0.3, 0.4) is 0 Å². The zero-order valence-corrected chi connectivity index (χ0v) is 14.1. The number of fused-ring (bicyclic) bond motifs is 1. The number of alkyl halides is 1. The summed E-state index contributed by atoms with van der Waals surface area (Å²) >= 11 is 3.75. The topological polar surface area (TPSA) is 9.23 Å². The van der Waals surface area contributed by atoms with Crippen LogP contribution < -0.4 is 4.74 Å². The Morgan fingerprint density at radius 2 is 1.62 bits per heavy atom. The van der Waals surface area contributed by atoms with E-state index in [1.54, 1.807) is 0 Å². The fraction of sp³-hybridized carbons (Fsp3) is 0.474. The molecule has 0 spiro atoms. The molecular formula is C19H23BrO. The predicted octanol–water partition coefficient (Wildman–Crippen LogP) is 5.95. The van der Waals surface area contributed by atoms with Gasteiger partial charge in [0.05, 0.1) is 6.61 Å². The van der Waals surface area contributed by atoms with E-state index < -0.39 is 0 Å². The summed E-state index contributed by atoms with van der Waals surface area (Å²) in [6.07, 6.45) is 7.99. The lowest BCUT2D eigenvalue weighted by Crippen LogP contribution is -2.30. The normalized spacial score (nSPS) is 18.3. The van der Waals surface area contributed by atoms with Gasteiger partial charge < -0.3 is 4.74 Å². The van der Waals surface area contributed by atoms with Crippen LogP contribution in [0.4, 0.5) is 0 Å². The predicted molar refractivity (Wildman–Crippen MR) is 93.4 cm³/mol. The molecule has 0 bridgehead atoms. The second-order valence-electron chi connectivity index (χ2n) is 6.31. The minimum atomic E-state index is 0.313. The number of benzene rings is 2. The number of hydrogen-bond donors (Lipinski definition) is 0. The lowest BCUT2D eigenvalue weighted by molar-refractivity contribution is 0.150. The van der Waals surface area contributed by atoms with E-state index in [0.29, 0.717) is 5.41 Å². The van der Waals surface area contributed by atoms with Crippen molar-refractivity contribution < 1.29 is 4.74 Å². The molecule has 0 saturated heterocycles. The first-order valence-corrected chi connectivity index (χ1v) is 9.12. The van der Waals surface area contributed by atoms with E-state index in [4.69, 9.17) is 4.74 Å². The van der Waals surface area contributed by atoms with Crippen molar-refractivity contribution in [2.45, 2.75) is 38.5 Å². The molecule has 0 atom stereocenters. The molecule has 2 aromatic rings. The van der Waals surface area contributed by atoms with E-state index in [2.05, 4.69) is 58.4 Å². The Morgan fingerprint density at radius 1 is 0.905 bits per heavy atom. The maximum Gasteiger partial charge on any atom is 0.127 e. The van der Waals surface area contributed by atoms with Gasteiger partial charge in [0.1, 0.15) is 5.75 Å². The quantitative estimate of drug-likeness (QED) is 0.490. The molecule has 0 N–H and O–H groups in total. The molecule has 0 amide bonds. The van der Waals surface area contributed by atoms with Crippen LogP contribution in [-0.2, 0) is 0 Å². The Hall–Kier alpha value is -1.02. The van der Waals surface area contributed by atoms with Crippen molar-refractivity contribution in [3.05, 3.63) is 42.5 Å². The molecule has 1 fully saturated rings. The van der Waals surface area contributed by atoms with Gasteiger partial charge in [-0.15, -0.1) is 0 Å². The van der Waals surface area contributed by atoms with Crippen LogP contribution in [-0.4, -0.2) is 11.9 Å². The molecule has 112 valence electrons. The summed E-state index contributed by atoms with van der Waals surface area (Å²) in [6.45, 7) is 0.826. The highest BCUT2D eigenvalue weighted by Gasteiger charge is 2.30. The molecule has 0 aliphatic heterocycles. The van der Waals surface area contributed by atoms with E-state index >= 15 is 0 Å². The lowest BCUT2D eigenvalue weighted by atomic mass is 9.83. The van der Waals surface area contributed by atoms with Crippen LogP contribution in [0, 0.1) is 5.41 Å². The summed E-state index contributed by atoms with van der Waals surface area (Å²) < 4.78 is 6.28. The van der Waals surface area contributed by atoms with Gasteiger partial charge in [0.25, 0.3) is 0 Å². The fourth-order valence-corrected chi connectivity index (χ4v) is 4.07. The standard InChI is InChI=1S/C19H23BrO/c20-14-19(12-5-1-2-6-13-19)15-21-18-11-7-9-16-8-3-4-10-17(16)18/h3-4,7-11H,1-2,5-6,12-15H2. The van der Waals surface area contributed by atoms with Gasteiger partial charge in [-0.1, -0.05) is 78.0 Å². The largest absolute Gasteiger partial charge is 0.492 e. The molecule has 0 unspecified atom stereocenters. The van der Waals surface area contributed by atoms with E-state index in [1.165, 1.54) is 49.3 Å². The van der Waals surface area contributed by atoms with Gasteiger partial charge >= 0.3 is 0 Å². The van der Waals surface area contributed by atoms with E-state index in [0.717, 1.165) is 17.7 Å². The summed E-state index contributed by atoms with van der Waals surface area (Å²) in [5, 5.41) is 3.52. The Labute approximate surface area is 135 Å². The van der Waals surface area contributed by atoms with Crippen LogP contribution in [0.25, 0.3) is 10.8 Å². The maximum absolute atomic E-state index is 6.28. The minimum absolute atomic E-state index is 0.313. The van der Waals surface area contributed by atoms with Crippen molar-refractivity contribution in [3.63, 3.8) is 0 Å². The highest BCUT2D eigenvalue weighted by atomic mass is 79.9. The molecule has 1 aliphatic rings. The van der Waals surface area contributed by atoms with Crippen molar-refractivity contribution in [2.24, 2.45) is 5.41 Å².